The summed E-state index contributed by atoms with van der Waals surface area (Å²) in [6, 6.07) is 9.75. The zero-order chi connectivity index (χ0) is 21.2. The number of alkyl halides is 3. The molecule has 0 atom stereocenters. The minimum absolute atomic E-state index is 0.0462. The van der Waals surface area contributed by atoms with Gasteiger partial charge in [0.2, 0.25) is 0 Å². The van der Waals surface area contributed by atoms with Gasteiger partial charge in [0.1, 0.15) is 5.56 Å². The average Bonchev–Trinajstić information content (AvgIpc) is 2.72. The number of hydrogen-bond acceptors (Lipinski definition) is 4. The van der Waals surface area contributed by atoms with E-state index in [1.807, 2.05) is 0 Å². The van der Waals surface area contributed by atoms with Crippen molar-refractivity contribution >= 4 is 17.5 Å². The van der Waals surface area contributed by atoms with E-state index >= 15 is 0 Å². The summed E-state index contributed by atoms with van der Waals surface area (Å²) in [5.41, 5.74) is -1.35. The van der Waals surface area contributed by atoms with Crippen LogP contribution in [0.1, 0.15) is 26.3 Å². The molecule has 1 heterocycles. The van der Waals surface area contributed by atoms with E-state index in [2.05, 4.69) is 0 Å². The molecule has 2 aromatic carbocycles. The van der Waals surface area contributed by atoms with Gasteiger partial charge in [-0.05, 0) is 24.3 Å². The van der Waals surface area contributed by atoms with Crippen LogP contribution in [0.15, 0.2) is 48.5 Å². The molecule has 2 aromatic rings. The Kier molecular flexibility index (Phi) is 5.53. The van der Waals surface area contributed by atoms with Gasteiger partial charge in [0, 0.05) is 37.8 Å². The van der Waals surface area contributed by atoms with E-state index in [9.17, 15) is 32.9 Å². The fourth-order valence-corrected chi connectivity index (χ4v) is 3.11. The van der Waals surface area contributed by atoms with Gasteiger partial charge in [-0.25, -0.2) is 0 Å². The summed E-state index contributed by atoms with van der Waals surface area (Å²) in [5.74, 6) is -1.09. The molecule has 0 bridgehead atoms. The first-order valence-corrected chi connectivity index (χ1v) is 8.67. The summed E-state index contributed by atoms with van der Waals surface area (Å²) in [6.45, 7) is 0.466. The van der Waals surface area contributed by atoms with Crippen LogP contribution in [0.4, 0.5) is 18.9 Å². The molecule has 0 aromatic heterocycles. The normalized spacial score (nSPS) is 14.6. The molecule has 0 N–H and O–H groups in total. The minimum Gasteiger partial charge on any atom is -0.335 e. The van der Waals surface area contributed by atoms with Crippen molar-refractivity contribution in [2.75, 3.05) is 26.2 Å². The molecule has 0 saturated carbocycles. The van der Waals surface area contributed by atoms with E-state index < -0.39 is 28.5 Å². The third-order valence-corrected chi connectivity index (χ3v) is 4.62. The van der Waals surface area contributed by atoms with Crippen LogP contribution in [0.3, 0.4) is 0 Å². The maximum Gasteiger partial charge on any atom is 0.416 e. The lowest BCUT2D eigenvalue weighted by molar-refractivity contribution is -0.385. The fraction of sp³-hybridized carbons (Fsp3) is 0.263. The molecule has 1 saturated heterocycles. The molecule has 3 rings (SSSR count). The van der Waals surface area contributed by atoms with Crippen molar-refractivity contribution in [1.29, 1.82) is 0 Å². The maximum atomic E-state index is 12.8. The number of amides is 2. The third kappa shape index (κ3) is 4.36. The second kappa shape index (κ2) is 7.90. The number of nitro groups is 1. The molecule has 1 fully saturated rings. The number of carbonyl (C=O) groups is 2. The molecule has 2 amide bonds. The lowest BCUT2D eigenvalue weighted by Gasteiger charge is -2.34. The first-order chi connectivity index (χ1) is 13.7. The molecule has 152 valence electrons. The van der Waals surface area contributed by atoms with Crippen LogP contribution in [0, 0.1) is 10.1 Å². The van der Waals surface area contributed by atoms with E-state index in [0.717, 1.165) is 12.1 Å². The molecule has 0 radical (unpaired) electrons. The molecule has 10 heteroatoms. The van der Waals surface area contributed by atoms with Gasteiger partial charge in [0.25, 0.3) is 17.5 Å². The standard InChI is InChI=1S/C19H16F3N3O4/c20-19(21,22)14-5-3-4-13(12-14)17(26)23-8-10-24(11-9-23)18(27)15-6-1-2-7-16(15)25(28)29/h1-7,12H,8-11H2. The minimum atomic E-state index is -4.55. The fourth-order valence-electron chi connectivity index (χ4n) is 3.11. The summed E-state index contributed by atoms with van der Waals surface area (Å²) in [5, 5.41) is 11.1. The highest BCUT2D eigenvalue weighted by molar-refractivity contribution is 5.98. The van der Waals surface area contributed by atoms with E-state index in [1.165, 1.54) is 46.2 Å². The number of carbonyl (C=O) groups excluding carboxylic acids is 2. The Labute approximate surface area is 163 Å². The summed E-state index contributed by atoms with van der Waals surface area (Å²) >= 11 is 0. The highest BCUT2D eigenvalue weighted by Gasteiger charge is 2.32. The molecular weight excluding hydrogens is 391 g/mol. The highest BCUT2D eigenvalue weighted by atomic mass is 19.4. The number of piperazine rings is 1. The molecule has 1 aliphatic heterocycles. The summed E-state index contributed by atoms with van der Waals surface area (Å²) in [4.78, 5) is 38.4. The smallest absolute Gasteiger partial charge is 0.335 e. The van der Waals surface area contributed by atoms with Crippen LogP contribution < -0.4 is 0 Å². The Bertz CT molecular complexity index is 954. The Balaban J connectivity index is 1.69. The van der Waals surface area contributed by atoms with E-state index in [-0.39, 0.29) is 43.0 Å². The molecule has 7 nitrogen and oxygen atoms in total. The van der Waals surface area contributed by atoms with Crippen molar-refractivity contribution in [3.05, 3.63) is 75.3 Å². The van der Waals surface area contributed by atoms with Crippen LogP contribution >= 0.6 is 0 Å². The van der Waals surface area contributed by atoms with Crippen molar-refractivity contribution in [2.24, 2.45) is 0 Å². The number of hydrogen-bond donors (Lipinski definition) is 0. The molecule has 0 unspecified atom stereocenters. The first kappa shape index (κ1) is 20.3. The Hall–Kier alpha value is -3.43. The lowest BCUT2D eigenvalue weighted by Crippen LogP contribution is -2.50. The number of nitro benzene ring substituents is 1. The summed E-state index contributed by atoms with van der Waals surface area (Å²) in [6.07, 6.45) is -4.55. The Morgan fingerprint density at radius 1 is 0.897 bits per heavy atom. The zero-order valence-corrected chi connectivity index (χ0v) is 15.1. The number of rotatable bonds is 3. The monoisotopic (exact) mass is 407 g/mol. The third-order valence-electron chi connectivity index (χ3n) is 4.62. The second-order valence-corrected chi connectivity index (χ2v) is 6.44. The zero-order valence-electron chi connectivity index (χ0n) is 15.1. The highest BCUT2D eigenvalue weighted by Crippen LogP contribution is 2.30. The van der Waals surface area contributed by atoms with Gasteiger partial charge in [0.05, 0.1) is 10.5 Å². The van der Waals surface area contributed by atoms with Crippen LogP contribution in [0.25, 0.3) is 0 Å². The SMILES string of the molecule is O=C(c1cccc(C(F)(F)F)c1)N1CCN(C(=O)c2ccccc2[N+](=O)[O-])CC1. The van der Waals surface area contributed by atoms with Crippen LogP contribution in [-0.4, -0.2) is 52.7 Å². The van der Waals surface area contributed by atoms with E-state index in [0.29, 0.717) is 0 Å². The molecular formula is C19H16F3N3O4. The average molecular weight is 407 g/mol. The van der Waals surface area contributed by atoms with Crippen molar-refractivity contribution in [3.8, 4) is 0 Å². The molecule has 0 spiro atoms. The molecule has 1 aliphatic rings. The predicted molar refractivity (Wildman–Crippen MR) is 96.3 cm³/mol. The first-order valence-electron chi connectivity index (χ1n) is 8.67. The van der Waals surface area contributed by atoms with Gasteiger partial charge in [-0.1, -0.05) is 18.2 Å². The Morgan fingerprint density at radius 3 is 2.07 bits per heavy atom. The van der Waals surface area contributed by atoms with Crippen LogP contribution in [0.2, 0.25) is 0 Å². The summed E-state index contributed by atoms with van der Waals surface area (Å²) in [7, 11) is 0. The number of para-hydroxylation sites is 1. The molecule has 0 aliphatic carbocycles. The quantitative estimate of drug-likeness (QED) is 0.578. The Morgan fingerprint density at radius 2 is 1.48 bits per heavy atom. The van der Waals surface area contributed by atoms with E-state index in [4.69, 9.17) is 0 Å². The van der Waals surface area contributed by atoms with Gasteiger partial charge >= 0.3 is 6.18 Å². The molecule has 29 heavy (non-hydrogen) atoms. The number of benzene rings is 2. The van der Waals surface area contributed by atoms with E-state index in [1.54, 1.807) is 0 Å². The largest absolute Gasteiger partial charge is 0.416 e. The van der Waals surface area contributed by atoms with Crippen LogP contribution in [-0.2, 0) is 6.18 Å². The lowest BCUT2D eigenvalue weighted by atomic mass is 10.1. The number of nitrogens with zero attached hydrogens (tertiary/aromatic N) is 3. The van der Waals surface area contributed by atoms with Crippen molar-refractivity contribution < 1.29 is 27.7 Å². The second-order valence-electron chi connectivity index (χ2n) is 6.44. The van der Waals surface area contributed by atoms with Crippen molar-refractivity contribution in [2.45, 2.75) is 6.18 Å². The van der Waals surface area contributed by atoms with Gasteiger partial charge in [-0.2, -0.15) is 13.2 Å². The topological polar surface area (TPSA) is 83.8 Å². The number of halogens is 3. The summed E-state index contributed by atoms with van der Waals surface area (Å²) < 4.78 is 38.5. The van der Waals surface area contributed by atoms with Gasteiger partial charge in [-0.3, -0.25) is 19.7 Å². The van der Waals surface area contributed by atoms with Gasteiger partial charge < -0.3 is 9.80 Å². The van der Waals surface area contributed by atoms with Gasteiger partial charge in [0.15, 0.2) is 0 Å². The predicted octanol–water partition coefficient (Wildman–Crippen LogP) is 3.21. The van der Waals surface area contributed by atoms with Crippen molar-refractivity contribution in [3.63, 3.8) is 0 Å². The maximum absolute atomic E-state index is 12.8. The van der Waals surface area contributed by atoms with Gasteiger partial charge in [-0.15, -0.1) is 0 Å². The van der Waals surface area contributed by atoms with Crippen LogP contribution in [0.5, 0.6) is 0 Å². The van der Waals surface area contributed by atoms with Crippen molar-refractivity contribution in [1.82, 2.24) is 9.80 Å².